The van der Waals surface area contributed by atoms with Crippen LogP contribution in [0, 0.1) is 12.7 Å². The summed E-state index contributed by atoms with van der Waals surface area (Å²) in [4.78, 5) is 28.8. The van der Waals surface area contributed by atoms with Crippen LogP contribution in [-0.2, 0) is 4.79 Å². The van der Waals surface area contributed by atoms with Crippen LogP contribution in [0.3, 0.4) is 0 Å². The first-order chi connectivity index (χ1) is 15.5. The first kappa shape index (κ1) is 21.8. The number of aryl methyl sites for hydroxylation is 1. The number of nitrogens with zero attached hydrogens (tertiary/aromatic N) is 1. The van der Waals surface area contributed by atoms with Crippen LogP contribution in [0.1, 0.15) is 59.8 Å². The van der Waals surface area contributed by atoms with Gasteiger partial charge in [-0.2, -0.15) is 0 Å². The molecule has 1 aliphatic carbocycles. The summed E-state index contributed by atoms with van der Waals surface area (Å²) in [5, 5.41) is 3.15. The summed E-state index contributed by atoms with van der Waals surface area (Å²) in [6.07, 6.45) is 6.61. The maximum atomic E-state index is 13.7. The predicted molar refractivity (Wildman–Crippen MR) is 121 cm³/mol. The molecule has 32 heavy (non-hydrogen) atoms. The second-order valence-electron chi connectivity index (χ2n) is 8.20. The number of halogens is 1. The Labute approximate surface area is 187 Å². The van der Waals surface area contributed by atoms with E-state index in [1.54, 1.807) is 37.3 Å². The smallest absolute Gasteiger partial charge is 0.262 e. The van der Waals surface area contributed by atoms with Crippen LogP contribution in [0.4, 0.5) is 10.1 Å². The lowest BCUT2D eigenvalue weighted by atomic mass is 9.94. The van der Waals surface area contributed by atoms with E-state index in [0.717, 1.165) is 25.7 Å². The number of benzene rings is 2. The molecule has 1 aromatic heterocycles. The summed E-state index contributed by atoms with van der Waals surface area (Å²) in [6.45, 7) is 1.71. The third-order valence-corrected chi connectivity index (χ3v) is 5.99. The van der Waals surface area contributed by atoms with Gasteiger partial charge >= 0.3 is 0 Å². The van der Waals surface area contributed by atoms with Gasteiger partial charge in [0.2, 0.25) is 5.91 Å². The summed E-state index contributed by atoms with van der Waals surface area (Å²) in [5.41, 5.74) is 1.50. The highest BCUT2D eigenvalue weighted by Crippen LogP contribution is 2.31. The first-order valence-corrected chi connectivity index (χ1v) is 11.0. The van der Waals surface area contributed by atoms with Crippen LogP contribution in [0.2, 0.25) is 0 Å². The first-order valence-electron chi connectivity index (χ1n) is 11.0. The molecular weight excluding hydrogens is 407 g/mol. The molecule has 1 saturated carbocycles. The van der Waals surface area contributed by atoms with Crippen molar-refractivity contribution in [2.45, 2.75) is 51.1 Å². The molecule has 1 fully saturated rings. The van der Waals surface area contributed by atoms with Gasteiger partial charge in [0.15, 0.2) is 0 Å². The predicted octanol–water partition coefficient (Wildman–Crippen LogP) is 5.56. The zero-order valence-electron chi connectivity index (χ0n) is 18.1. The van der Waals surface area contributed by atoms with Crippen molar-refractivity contribution in [2.75, 3.05) is 4.90 Å². The summed E-state index contributed by atoms with van der Waals surface area (Å²) in [7, 11) is 0. The number of carbonyl (C=O) groups is 2. The largest absolute Gasteiger partial charge is 0.469 e. The standard InChI is InChI=1S/C26H27FN2O3/c1-18-23(16-17-32-18)26(31)29(22-10-6-3-7-11-22)24(19-12-14-20(27)15-13-19)25(30)28-21-8-4-2-5-9-21/h3,6-7,10-17,21,24H,2,4-5,8-9H2,1H3,(H,28,30)/t24-/m0/s1. The molecule has 4 rings (SSSR count). The van der Waals surface area contributed by atoms with E-state index < -0.39 is 11.9 Å². The molecule has 3 aromatic rings. The van der Waals surface area contributed by atoms with Gasteiger partial charge in [-0.05, 0) is 55.7 Å². The molecule has 2 amide bonds. The highest BCUT2D eigenvalue weighted by molar-refractivity contribution is 6.10. The van der Waals surface area contributed by atoms with Gasteiger partial charge in [-0.15, -0.1) is 0 Å². The maximum absolute atomic E-state index is 13.7. The van der Waals surface area contributed by atoms with Gasteiger partial charge in [0.05, 0.1) is 11.8 Å². The number of hydrogen-bond donors (Lipinski definition) is 1. The molecule has 2 aromatic carbocycles. The van der Waals surface area contributed by atoms with E-state index in [4.69, 9.17) is 4.42 Å². The average molecular weight is 435 g/mol. The van der Waals surface area contributed by atoms with Crippen molar-refractivity contribution in [1.82, 2.24) is 5.32 Å². The van der Waals surface area contributed by atoms with Crippen molar-refractivity contribution in [3.05, 3.63) is 89.6 Å². The highest BCUT2D eigenvalue weighted by Gasteiger charge is 2.35. The van der Waals surface area contributed by atoms with Crippen molar-refractivity contribution in [1.29, 1.82) is 0 Å². The molecule has 0 bridgehead atoms. The SMILES string of the molecule is Cc1occc1C(=O)N(c1ccccc1)[C@H](C(=O)NC1CCCCC1)c1ccc(F)cc1. The monoisotopic (exact) mass is 434 g/mol. The van der Waals surface area contributed by atoms with Crippen LogP contribution in [0.15, 0.2) is 71.3 Å². The molecule has 0 unspecified atom stereocenters. The third-order valence-electron chi connectivity index (χ3n) is 5.99. The van der Waals surface area contributed by atoms with E-state index in [1.807, 2.05) is 18.2 Å². The van der Waals surface area contributed by atoms with Crippen molar-refractivity contribution >= 4 is 17.5 Å². The molecule has 1 aliphatic rings. The number of carbonyl (C=O) groups excluding carboxylic acids is 2. The van der Waals surface area contributed by atoms with E-state index in [-0.39, 0.29) is 17.9 Å². The molecule has 0 aliphatic heterocycles. The van der Waals surface area contributed by atoms with E-state index in [9.17, 15) is 14.0 Å². The van der Waals surface area contributed by atoms with Gasteiger partial charge in [-0.25, -0.2) is 4.39 Å². The number of rotatable bonds is 6. The Morgan fingerprint density at radius 1 is 1.00 bits per heavy atom. The molecular formula is C26H27FN2O3. The van der Waals surface area contributed by atoms with Crippen LogP contribution < -0.4 is 10.2 Å². The Kier molecular flexibility index (Phi) is 6.69. The van der Waals surface area contributed by atoms with E-state index in [1.165, 1.54) is 29.7 Å². The molecule has 5 nitrogen and oxygen atoms in total. The Morgan fingerprint density at radius 2 is 1.69 bits per heavy atom. The quantitative estimate of drug-likeness (QED) is 0.552. The fourth-order valence-corrected chi connectivity index (χ4v) is 4.30. The van der Waals surface area contributed by atoms with Gasteiger partial charge in [0.1, 0.15) is 17.6 Å². The topological polar surface area (TPSA) is 62.6 Å². The zero-order chi connectivity index (χ0) is 22.5. The zero-order valence-corrected chi connectivity index (χ0v) is 18.1. The van der Waals surface area contributed by atoms with Crippen LogP contribution in [0.25, 0.3) is 0 Å². The van der Waals surface area contributed by atoms with Gasteiger partial charge < -0.3 is 9.73 Å². The maximum Gasteiger partial charge on any atom is 0.262 e. The van der Waals surface area contributed by atoms with E-state index in [2.05, 4.69) is 5.32 Å². The average Bonchev–Trinajstić information content (AvgIpc) is 3.25. The van der Waals surface area contributed by atoms with Crippen molar-refractivity contribution < 1.29 is 18.4 Å². The van der Waals surface area contributed by atoms with E-state index >= 15 is 0 Å². The number of amides is 2. The van der Waals surface area contributed by atoms with Crippen molar-refractivity contribution in [2.24, 2.45) is 0 Å². The Balaban J connectivity index is 1.78. The number of anilines is 1. The van der Waals surface area contributed by atoms with Gasteiger partial charge in [0, 0.05) is 11.7 Å². The number of para-hydroxylation sites is 1. The summed E-state index contributed by atoms with van der Waals surface area (Å²) < 4.78 is 19.0. The summed E-state index contributed by atoms with van der Waals surface area (Å²) >= 11 is 0. The van der Waals surface area contributed by atoms with Crippen molar-refractivity contribution in [3.63, 3.8) is 0 Å². The van der Waals surface area contributed by atoms with Crippen LogP contribution in [0.5, 0.6) is 0 Å². The fourth-order valence-electron chi connectivity index (χ4n) is 4.30. The minimum Gasteiger partial charge on any atom is -0.469 e. The van der Waals surface area contributed by atoms with Crippen LogP contribution >= 0.6 is 0 Å². The Bertz CT molecular complexity index is 1060. The van der Waals surface area contributed by atoms with Crippen LogP contribution in [-0.4, -0.2) is 17.9 Å². The molecule has 166 valence electrons. The normalized spacial score (nSPS) is 15.2. The minimum atomic E-state index is -0.957. The van der Waals surface area contributed by atoms with Gasteiger partial charge in [-0.1, -0.05) is 49.6 Å². The lowest BCUT2D eigenvalue weighted by molar-refractivity contribution is -0.123. The third kappa shape index (κ3) is 4.74. The fraction of sp³-hybridized carbons (Fsp3) is 0.308. The second kappa shape index (κ2) is 9.81. The molecule has 1 heterocycles. The van der Waals surface area contributed by atoms with Gasteiger partial charge in [-0.3, -0.25) is 14.5 Å². The number of hydrogen-bond acceptors (Lipinski definition) is 3. The highest BCUT2D eigenvalue weighted by atomic mass is 19.1. The molecule has 0 saturated heterocycles. The molecule has 0 spiro atoms. The summed E-state index contributed by atoms with van der Waals surface area (Å²) in [5.74, 6) is -0.553. The minimum absolute atomic E-state index is 0.0718. The molecule has 0 radical (unpaired) electrons. The molecule has 1 atom stereocenters. The van der Waals surface area contributed by atoms with E-state index in [0.29, 0.717) is 22.6 Å². The number of nitrogens with one attached hydrogen (secondary N) is 1. The van der Waals surface area contributed by atoms with Gasteiger partial charge in [0.25, 0.3) is 5.91 Å². The van der Waals surface area contributed by atoms with Crippen molar-refractivity contribution in [3.8, 4) is 0 Å². The lowest BCUT2D eigenvalue weighted by Crippen LogP contribution is -2.47. The Morgan fingerprint density at radius 3 is 2.31 bits per heavy atom. The second-order valence-corrected chi connectivity index (χ2v) is 8.20. The molecule has 1 N–H and O–H groups in total. The summed E-state index contributed by atoms with van der Waals surface area (Å²) in [6, 6.07) is 15.5. The number of furan rings is 1. The molecule has 6 heteroatoms. The lowest BCUT2D eigenvalue weighted by Gasteiger charge is -2.33. The Hall–Kier alpha value is -3.41.